The van der Waals surface area contributed by atoms with E-state index in [1.165, 1.54) is 0 Å². The van der Waals surface area contributed by atoms with Crippen LogP contribution >= 0.6 is 27.7 Å². The van der Waals surface area contributed by atoms with E-state index in [0.717, 1.165) is 26.2 Å². The molecule has 0 atom stereocenters. The van der Waals surface area contributed by atoms with E-state index in [1.54, 1.807) is 31.9 Å². The van der Waals surface area contributed by atoms with Gasteiger partial charge in [-0.1, -0.05) is 22.0 Å². The summed E-state index contributed by atoms with van der Waals surface area (Å²) < 4.78 is 6.34. The molecule has 21 heavy (non-hydrogen) atoms. The van der Waals surface area contributed by atoms with Gasteiger partial charge in [0.2, 0.25) is 0 Å². The number of halogens is 1. The minimum atomic E-state index is -0.894. The van der Waals surface area contributed by atoms with Gasteiger partial charge < -0.3 is 9.84 Å². The van der Waals surface area contributed by atoms with Gasteiger partial charge in [-0.3, -0.25) is 0 Å². The van der Waals surface area contributed by atoms with Crippen LogP contribution in [0, 0.1) is 6.92 Å². The van der Waals surface area contributed by atoms with Gasteiger partial charge in [-0.25, -0.2) is 4.79 Å². The number of aryl methyl sites for hydroxylation is 1. The van der Waals surface area contributed by atoms with Gasteiger partial charge in [0.05, 0.1) is 12.7 Å². The van der Waals surface area contributed by atoms with E-state index in [4.69, 9.17) is 9.84 Å². The second kappa shape index (κ2) is 7.00. The molecule has 0 bridgehead atoms. The van der Waals surface area contributed by atoms with Crippen LogP contribution in [0.15, 0.2) is 45.8 Å². The van der Waals surface area contributed by atoms with Crippen molar-refractivity contribution >= 4 is 33.7 Å². The molecule has 1 N–H and O–H groups in total. The molecule has 0 saturated carbocycles. The highest BCUT2D eigenvalue weighted by molar-refractivity contribution is 9.10. The number of carboxylic acids is 1. The van der Waals surface area contributed by atoms with Crippen LogP contribution < -0.4 is 4.74 Å². The van der Waals surface area contributed by atoms with Crippen LogP contribution in [-0.4, -0.2) is 18.2 Å². The molecule has 0 aromatic heterocycles. The molecule has 0 aliphatic carbocycles. The number of carbonyl (C=O) groups is 1. The number of thioether (sulfide) groups is 1. The first-order chi connectivity index (χ1) is 10.0. The van der Waals surface area contributed by atoms with E-state index >= 15 is 0 Å². The maximum Gasteiger partial charge on any atom is 0.335 e. The number of rotatable bonds is 5. The van der Waals surface area contributed by atoms with E-state index in [1.807, 2.05) is 30.3 Å². The average molecular weight is 367 g/mol. The Morgan fingerprint density at radius 3 is 2.71 bits per heavy atom. The minimum Gasteiger partial charge on any atom is -0.496 e. The van der Waals surface area contributed by atoms with Gasteiger partial charge in [-0.2, -0.15) is 0 Å². The Morgan fingerprint density at radius 1 is 1.29 bits per heavy atom. The Bertz CT molecular complexity index is 671. The van der Waals surface area contributed by atoms with Crippen molar-refractivity contribution in [3.05, 3.63) is 57.6 Å². The van der Waals surface area contributed by atoms with Gasteiger partial charge in [-0.05, 0) is 42.8 Å². The summed E-state index contributed by atoms with van der Waals surface area (Å²) in [4.78, 5) is 12.1. The summed E-state index contributed by atoms with van der Waals surface area (Å²) in [6, 6.07) is 11.4. The van der Waals surface area contributed by atoms with Crippen LogP contribution in [0.5, 0.6) is 5.75 Å². The summed E-state index contributed by atoms with van der Waals surface area (Å²) in [6.45, 7) is 1.80. The third-order valence-corrected chi connectivity index (χ3v) is 4.61. The molecule has 0 spiro atoms. The summed E-state index contributed by atoms with van der Waals surface area (Å²) in [5.74, 6) is 0.649. The van der Waals surface area contributed by atoms with Crippen molar-refractivity contribution in [2.75, 3.05) is 7.11 Å². The summed E-state index contributed by atoms with van der Waals surface area (Å²) in [6.07, 6.45) is 0. The first kappa shape index (κ1) is 15.9. The fourth-order valence-corrected chi connectivity index (χ4v) is 3.26. The zero-order chi connectivity index (χ0) is 15.4. The van der Waals surface area contributed by atoms with Crippen LogP contribution in [0.2, 0.25) is 0 Å². The smallest absolute Gasteiger partial charge is 0.335 e. The topological polar surface area (TPSA) is 46.5 Å². The first-order valence-electron chi connectivity index (χ1n) is 6.30. The second-order valence-corrected chi connectivity index (χ2v) is 6.49. The molecule has 0 saturated heterocycles. The predicted molar refractivity (Wildman–Crippen MR) is 88.4 cm³/mol. The van der Waals surface area contributed by atoms with Crippen LogP contribution in [0.3, 0.4) is 0 Å². The van der Waals surface area contributed by atoms with Gasteiger partial charge in [0.15, 0.2) is 0 Å². The Labute approximate surface area is 136 Å². The average Bonchev–Trinajstić information content (AvgIpc) is 2.46. The molecule has 0 radical (unpaired) electrons. The molecule has 2 aromatic carbocycles. The number of hydrogen-bond donors (Lipinski definition) is 1. The van der Waals surface area contributed by atoms with Crippen molar-refractivity contribution in [3.63, 3.8) is 0 Å². The Balaban J connectivity index is 2.19. The molecule has 0 aliphatic heterocycles. The van der Waals surface area contributed by atoms with Crippen LogP contribution in [0.1, 0.15) is 21.5 Å². The SMILES string of the molecule is COc1ccc(Br)cc1CSc1ccc(C)c(C(=O)O)c1. The van der Waals surface area contributed by atoms with Gasteiger partial charge >= 0.3 is 5.97 Å². The van der Waals surface area contributed by atoms with E-state index in [-0.39, 0.29) is 0 Å². The third-order valence-electron chi connectivity index (χ3n) is 3.08. The highest BCUT2D eigenvalue weighted by Gasteiger charge is 2.09. The van der Waals surface area contributed by atoms with Crippen molar-refractivity contribution in [2.45, 2.75) is 17.6 Å². The van der Waals surface area contributed by atoms with Crippen LogP contribution in [-0.2, 0) is 5.75 Å². The maximum absolute atomic E-state index is 11.2. The summed E-state index contributed by atoms with van der Waals surface area (Å²) in [7, 11) is 1.64. The first-order valence-corrected chi connectivity index (χ1v) is 8.08. The Hall–Kier alpha value is -1.46. The monoisotopic (exact) mass is 366 g/mol. The van der Waals surface area contributed by atoms with E-state index in [9.17, 15) is 4.79 Å². The van der Waals surface area contributed by atoms with Crippen molar-refractivity contribution < 1.29 is 14.6 Å². The summed E-state index contributed by atoms with van der Waals surface area (Å²) >= 11 is 5.04. The van der Waals surface area contributed by atoms with Gasteiger partial charge in [0.25, 0.3) is 0 Å². The van der Waals surface area contributed by atoms with Gasteiger partial charge in [-0.15, -0.1) is 11.8 Å². The molecular weight excluding hydrogens is 352 g/mol. The lowest BCUT2D eigenvalue weighted by Gasteiger charge is -2.10. The number of benzene rings is 2. The number of ether oxygens (including phenoxy) is 1. The zero-order valence-corrected chi connectivity index (χ0v) is 14.1. The predicted octanol–water partition coefficient (Wildman–Crippen LogP) is 4.76. The maximum atomic E-state index is 11.2. The van der Waals surface area contributed by atoms with Crippen LogP contribution in [0.4, 0.5) is 0 Å². The zero-order valence-electron chi connectivity index (χ0n) is 11.7. The van der Waals surface area contributed by atoms with Crippen LogP contribution in [0.25, 0.3) is 0 Å². The Morgan fingerprint density at radius 2 is 2.05 bits per heavy atom. The molecule has 5 heteroatoms. The number of aromatic carboxylic acids is 1. The Kier molecular flexibility index (Phi) is 5.31. The molecule has 0 amide bonds. The lowest BCUT2D eigenvalue weighted by molar-refractivity contribution is 0.0696. The number of hydrogen-bond acceptors (Lipinski definition) is 3. The molecule has 110 valence electrons. The molecular formula is C16H15BrO3S. The van der Waals surface area contributed by atoms with Crippen molar-refractivity contribution in [1.82, 2.24) is 0 Å². The molecule has 0 fully saturated rings. The van der Waals surface area contributed by atoms with Crippen molar-refractivity contribution in [3.8, 4) is 5.75 Å². The van der Waals surface area contributed by atoms with E-state index in [2.05, 4.69) is 15.9 Å². The minimum absolute atomic E-state index is 0.348. The summed E-state index contributed by atoms with van der Waals surface area (Å²) in [5.41, 5.74) is 2.18. The molecule has 0 aliphatic rings. The molecule has 2 rings (SSSR count). The fraction of sp³-hybridized carbons (Fsp3) is 0.188. The van der Waals surface area contributed by atoms with E-state index < -0.39 is 5.97 Å². The highest BCUT2D eigenvalue weighted by Crippen LogP contribution is 2.31. The van der Waals surface area contributed by atoms with Gasteiger partial charge in [0.1, 0.15) is 5.75 Å². The standard InChI is InChI=1S/C16H15BrO3S/c1-10-3-5-13(8-14(10)16(18)19)21-9-11-7-12(17)4-6-15(11)20-2/h3-8H,9H2,1-2H3,(H,18,19). The molecule has 2 aromatic rings. The molecule has 0 unspecified atom stereocenters. The van der Waals surface area contributed by atoms with Crippen molar-refractivity contribution in [1.29, 1.82) is 0 Å². The molecule has 3 nitrogen and oxygen atoms in total. The fourth-order valence-electron chi connectivity index (χ4n) is 1.94. The second-order valence-electron chi connectivity index (χ2n) is 4.53. The molecule has 0 heterocycles. The van der Waals surface area contributed by atoms with Crippen molar-refractivity contribution in [2.24, 2.45) is 0 Å². The third kappa shape index (κ3) is 4.02. The normalized spacial score (nSPS) is 10.4. The highest BCUT2D eigenvalue weighted by atomic mass is 79.9. The quantitative estimate of drug-likeness (QED) is 0.775. The van der Waals surface area contributed by atoms with Gasteiger partial charge in [0, 0.05) is 20.7 Å². The lowest BCUT2D eigenvalue weighted by atomic mass is 10.1. The van der Waals surface area contributed by atoms with E-state index in [0.29, 0.717) is 11.3 Å². The lowest BCUT2D eigenvalue weighted by Crippen LogP contribution is -1.99. The summed E-state index contributed by atoms with van der Waals surface area (Å²) in [5, 5.41) is 9.16. The number of carboxylic acid groups (broad SMARTS) is 1. The largest absolute Gasteiger partial charge is 0.496 e. The number of methoxy groups -OCH3 is 1.